The summed E-state index contributed by atoms with van der Waals surface area (Å²) < 4.78 is 4.64. The fourth-order valence-corrected chi connectivity index (χ4v) is 0.584. The lowest BCUT2D eigenvalue weighted by atomic mass is 10.5. The molecule has 0 saturated carbocycles. The Morgan fingerprint density at radius 1 is 1.75 bits per heavy atom. The average molecular weight is 168 g/mol. The molecule has 0 aliphatic carbocycles. The zero-order valence-corrected chi connectivity index (χ0v) is 6.53. The number of hydrogen-bond donors (Lipinski definition) is 1. The molecule has 1 heterocycles. The predicted molar refractivity (Wildman–Crippen MR) is 40.8 cm³/mol. The summed E-state index contributed by atoms with van der Waals surface area (Å²) in [4.78, 5) is 27.3. The number of ether oxygens (including phenoxy) is 1. The van der Waals surface area contributed by atoms with E-state index in [1.165, 1.54) is 12.3 Å². The van der Waals surface area contributed by atoms with Crippen LogP contribution in [0, 0.1) is 0 Å². The number of esters is 1. The van der Waals surface area contributed by atoms with E-state index in [0.717, 1.165) is 0 Å². The van der Waals surface area contributed by atoms with E-state index in [1.807, 2.05) is 0 Å². The van der Waals surface area contributed by atoms with E-state index < -0.39 is 5.97 Å². The predicted octanol–water partition coefficient (Wildman–Crippen LogP) is 0.0853. The van der Waals surface area contributed by atoms with Gasteiger partial charge in [0.2, 0.25) is 0 Å². The molecule has 5 heteroatoms. The number of carbonyl (C=O) groups is 1. The van der Waals surface area contributed by atoms with Gasteiger partial charge in [-0.15, -0.1) is 0 Å². The fraction of sp³-hybridized carbons (Fsp3) is 0.286. The molecule has 0 atom stereocenters. The highest BCUT2D eigenvalue weighted by molar-refractivity contribution is 5.70. The molecule has 0 unspecified atom stereocenters. The number of H-pyrrole nitrogens is 1. The first kappa shape index (κ1) is 8.45. The molecule has 0 aromatic carbocycles. The summed E-state index contributed by atoms with van der Waals surface area (Å²) in [5.74, 6) is -0.427. The van der Waals surface area contributed by atoms with E-state index in [1.54, 1.807) is 6.92 Å². The zero-order chi connectivity index (χ0) is 8.97. The van der Waals surface area contributed by atoms with Crippen molar-refractivity contribution in [2.24, 2.45) is 0 Å². The van der Waals surface area contributed by atoms with E-state index in [0.29, 0.717) is 0 Å². The number of nitrogens with zero attached hydrogens (tertiary/aromatic N) is 1. The van der Waals surface area contributed by atoms with Crippen LogP contribution >= 0.6 is 0 Å². The summed E-state index contributed by atoms with van der Waals surface area (Å²) in [5, 5.41) is 0. The van der Waals surface area contributed by atoms with Crippen molar-refractivity contribution in [2.45, 2.75) is 13.3 Å². The van der Waals surface area contributed by atoms with Gasteiger partial charge in [-0.1, -0.05) is 6.92 Å². The number of carbonyl (C=O) groups excluding carboxylic acids is 1. The molecule has 5 nitrogen and oxygen atoms in total. The van der Waals surface area contributed by atoms with Crippen LogP contribution in [0.5, 0.6) is 6.01 Å². The Labute approximate surface area is 68.4 Å². The van der Waals surface area contributed by atoms with Gasteiger partial charge < -0.3 is 4.74 Å². The first-order valence-electron chi connectivity index (χ1n) is 3.48. The van der Waals surface area contributed by atoms with Crippen molar-refractivity contribution in [3.63, 3.8) is 0 Å². The van der Waals surface area contributed by atoms with Crippen molar-refractivity contribution < 1.29 is 9.53 Å². The molecule has 1 aromatic heterocycles. The van der Waals surface area contributed by atoms with Crippen molar-refractivity contribution in [1.29, 1.82) is 0 Å². The minimum absolute atomic E-state index is 0.0608. The lowest BCUT2D eigenvalue weighted by molar-refractivity contribution is -0.134. The Morgan fingerprint density at radius 2 is 2.50 bits per heavy atom. The monoisotopic (exact) mass is 168 g/mol. The van der Waals surface area contributed by atoms with Gasteiger partial charge in [-0.05, 0) is 0 Å². The standard InChI is InChI=1S/C7H8N2O3/c1-2-6(11)12-7-8-4-3-5(10)9-7/h3-4H,2H2,1H3,(H,8,9,10). The Morgan fingerprint density at radius 3 is 3.08 bits per heavy atom. The van der Waals surface area contributed by atoms with Gasteiger partial charge in [-0.3, -0.25) is 14.6 Å². The highest BCUT2D eigenvalue weighted by Crippen LogP contribution is 1.96. The van der Waals surface area contributed by atoms with Crippen molar-refractivity contribution in [1.82, 2.24) is 9.97 Å². The average Bonchev–Trinajstić information content (AvgIpc) is 2.04. The molecule has 0 fully saturated rings. The quantitative estimate of drug-likeness (QED) is 0.635. The lowest BCUT2D eigenvalue weighted by Gasteiger charge is -1.98. The summed E-state index contributed by atoms with van der Waals surface area (Å²) in [7, 11) is 0. The van der Waals surface area contributed by atoms with Crippen molar-refractivity contribution >= 4 is 5.97 Å². The van der Waals surface area contributed by atoms with Crippen LogP contribution in [0.15, 0.2) is 17.1 Å². The third-order valence-corrected chi connectivity index (χ3v) is 1.15. The summed E-state index contributed by atoms with van der Waals surface area (Å²) in [5.41, 5.74) is -0.344. The van der Waals surface area contributed by atoms with Crippen LogP contribution < -0.4 is 10.3 Å². The number of aromatic amines is 1. The molecular formula is C7H8N2O3. The molecule has 1 rings (SSSR count). The van der Waals surface area contributed by atoms with Gasteiger partial charge >= 0.3 is 12.0 Å². The largest absolute Gasteiger partial charge is 0.392 e. The first-order chi connectivity index (χ1) is 5.72. The van der Waals surface area contributed by atoms with Gasteiger partial charge in [0.15, 0.2) is 0 Å². The van der Waals surface area contributed by atoms with Gasteiger partial charge in [0, 0.05) is 18.7 Å². The number of aromatic nitrogens is 2. The molecule has 12 heavy (non-hydrogen) atoms. The van der Waals surface area contributed by atoms with E-state index in [-0.39, 0.29) is 18.0 Å². The molecular weight excluding hydrogens is 160 g/mol. The number of rotatable bonds is 2. The van der Waals surface area contributed by atoms with Crippen LogP contribution in [-0.4, -0.2) is 15.9 Å². The zero-order valence-electron chi connectivity index (χ0n) is 6.53. The van der Waals surface area contributed by atoms with Crippen LogP contribution in [-0.2, 0) is 4.79 Å². The maximum absolute atomic E-state index is 10.7. The summed E-state index contributed by atoms with van der Waals surface area (Å²) >= 11 is 0. The summed E-state index contributed by atoms with van der Waals surface area (Å²) in [6.45, 7) is 1.66. The highest BCUT2D eigenvalue weighted by Gasteiger charge is 2.01. The second kappa shape index (κ2) is 3.66. The van der Waals surface area contributed by atoms with Gasteiger partial charge in [-0.2, -0.15) is 0 Å². The maximum atomic E-state index is 10.7. The number of hydrogen-bond acceptors (Lipinski definition) is 4. The Balaban J connectivity index is 2.76. The Bertz CT molecular complexity index is 331. The molecule has 0 aliphatic rings. The minimum atomic E-state index is -0.427. The van der Waals surface area contributed by atoms with Crippen LogP contribution in [0.25, 0.3) is 0 Å². The van der Waals surface area contributed by atoms with Crippen molar-refractivity contribution in [3.8, 4) is 6.01 Å². The van der Waals surface area contributed by atoms with Gasteiger partial charge in [0.05, 0.1) is 0 Å². The van der Waals surface area contributed by atoms with Gasteiger partial charge in [0.25, 0.3) is 5.56 Å². The molecule has 0 saturated heterocycles. The normalized spacial score (nSPS) is 9.42. The lowest BCUT2D eigenvalue weighted by Crippen LogP contribution is -2.12. The molecule has 0 bridgehead atoms. The van der Waals surface area contributed by atoms with Gasteiger partial charge in [-0.25, -0.2) is 4.98 Å². The van der Waals surface area contributed by atoms with E-state index >= 15 is 0 Å². The van der Waals surface area contributed by atoms with Crippen LogP contribution in [0.4, 0.5) is 0 Å². The molecule has 0 aliphatic heterocycles. The third kappa shape index (κ3) is 2.19. The van der Waals surface area contributed by atoms with Crippen molar-refractivity contribution in [3.05, 3.63) is 22.6 Å². The van der Waals surface area contributed by atoms with E-state index in [9.17, 15) is 9.59 Å². The van der Waals surface area contributed by atoms with E-state index in [2.05, 4.69) is 14.7 Å². The van der Waals surface area contributed by atoms with Crippen molar-refractivity contribution in [2.75, 3.05) is 0 Å². The smallest absolute Gasteiger partial charge is 0.313 e. The van der Waals surface area contributed by atoms with Crippen LogP contribution in [0.2, 0.25) is 0 Å². The first-order valence-corrected chi connectivity index (χ1v) is 3.48. The van der Waals surface area contributed by atoms with E-state index in [4.69, 9.17) is 0 Å². The van der Waals surface area contributed by atoms with Crippen LogP contribution in [0.1, 0.15) is 13.3 Å². The fourth-order valence-electron chi connectivity index (χ4n) is 0.584. The molecule has 0 spiro atoms. The molecule has 64 valence electrons. The molecule has 0 amide bonds. The SMILES string of the molecule is CCC(=O)Oc1nccc(=O)[nH]1. The maximum Gasteiger partial charge on any atom is 0.313 e. The highest BCUT2D eigenvalue weighted by atomic mass is 16.5. The second-order valence-electron chi connectivity index (χ2n) is 2.07. The summed E-state index contributed by atoms with van der Waals surface area (Å²) in [6, 6.07) is 1.18. The Kier molecular flexibility index (Phi) is 2.57. The van der Waals surface area contributed by atoms with Gasteiger partial charge in [0.1, 0.15) is 0 Å². The topological polar surface area (TPSA) is 72.0 Å². The molecule has 0 radical (unpaired) electrons. The van der Waals surface area contributed by atoms with Crippen LogP contribution in [0.3, 0.4) is 0 Å². The molecule has 1 aromatic rings. The third-order valence-electron chi connectivity index (χ3n) is 1.15. The minimum Gasteiger partial charge on any atom is -0.392 e. The Hall–Kier alpha value is -1.65. The number of nitrogens with one attached hydrogen (secondary N) is 1. The molecule has 1 N–H and O–H groups in total. The second-order valence-corrected chi connectivity index (χ2v) is 2.07. The summed E-state index contributed by atoms with van der Waals surface area (Å²) in [6.07, 6.45) is 1.52.